The zero-order chi connectivity index (χ0) is 16.6. The molecule has 0 fully saturated rings. The second-order valence-corrected chi connectivity index (χ2v) is 5.33. The molecule has 7 nitrogen and oxygen atoms in total. The Morgan fingerprint density at radius 3 is 2.74 bits per heavy atom. The minimum Gasteiger partial charge on any atom is -0.459 e. The van der Waals surface area contributed by atoms with Gasteiger partial charge in [0.15, 0.2) is 0 Å². The zero-order valence-electron chi connectivity index (χ0n) is 12.6. The van der Waals surface area contributed by atoms with E-state index in [9.17, 15) is 14.9 Å². The van der Waals surface area contributed by atoms with E-state index in [-0.39, 0.29) is 17.4 Å². The van der Waals surface area contributed by atoms with Crippen molar-refractivity contribution in [3.8, 4) is 0 Å². The normalized spacial score (nSPS) is 12.3. The van der Waals surface area contributed by atoms with Crippen LogP contribution in [0.15, 0.2) is 47.0 Å². The Kier molecular flexibility index (Phi) is 3.61. The molecule has 0 unspecified atom stereocenters. The number of carbonyl (C=O) groups is 1. The van der Waals surface area contributed by atoms with Crippen LogP contribution in [0.4, 0.5) is 5.69 Å². The summed E-state index contributed by atoms with van der Waals surface area (Å²) in [6.07, 6.45) is 1.31. The molecule has 0 saturated carbocycles. The van der Waals surface area contributed by atoms with Crippen molar-refractivity contribution in [2.45, 2.75) is 13.0 Å². The van der Waals surface area contributed by atoms with Crippen molar-refractivity contribution in [2.24, 2.45) is 7.05 Å². The highest BCUT2D eigenvalue weighted by Crippen LogP contribution is 2.24. The van der Waals surface area contributed by atoms with Gasteiger partial charge in [-0.1, -0.05) is 18.2 Å². The predicted molar refractivity (Wildman–Crippen MR) is 84.2 cm³/mol. The third kappa shape index (κ3) is 2.80. The number of nitro groups is 1. The summed E-state index contributed by atoms with van der Waals surface area (Å²) in [4.78, 5) is 22.6. The third-order valence-electron chi connectivity index (χ3n) is 3.65. The van der Waals surface area contributed by atoms with Gasteiger partial charge in [0.1, 0.15) is 17.0 Å². The van der Waals surface area contributed by atoms with E-state index in [1.807, 2.05) is 30.3 Å². The first-order chi connectivity index (χ1) is 11.0. The number of benzene rings is 1. The van der Waals surface area contributed by atoms with E-state index in [4.69, 9.17) is 4.42 Å². The Morgan fingerprint density at radius 1 is 1.35 bits per heavy atom. The fourth-order valence-electron chi connectivity index (χ4n) is 2.43. The maximum atomic E-state index is 12.3. The van der Waals surface area contributed by atoms with Gasteiger partial charge in [-0.25, -0.2) is 0 Å². The highest BCUT2D eigenvalue weighted by atomic mass is 16.6. The SMILES string of the molecule is C[C@@H](NC(=O)c1cc([N+](=O)[O-])cn1C)c1cc2ccccc2o1. The van der Waals surface area contributed by atoms with Crippen LogP contribution >= 0.6 is 0 Å². The first-order valence-corrected chi connectivity index (χ1v) is 7.06. The molecule has 3 aromatic rings. The molecule has 3 rings (SSSR count). The molecule has 7 heteroatoms. The minimum absolute atomic E-state index is 0.117. The maximum Gasteiger partial charge on any atom is 0.287 e. The average molecular weight is 313 g/mol. The Morgan fingerprint density at radius 2 is 2.09 bits per heavy atom. The number of aromatic nitrogens is 1. The summed E-state index contributed by atoms with van der Waals surface area (Å²) in [5, 5.41) is 14.5. The minimum atomic E-state index is -0.528. The number of hydrogen-bond donors (Lipinski definition) is 1. The molecule has 0 spiro atoms. The first kappa shape index (κ1) is 14.8. The van der Waals surface area contributed by atoms with Gasteiger partial charge < -0.3 is 14.3 Å². The van der Waals surface area contributed by atoms with Crippen LogP contribution in [0.25, 0.3) is 11.0 Å². The highest BCUT2D eigenvalue weighted by Gasteiger charge is 2.20. The molecule has 1 aromatic carbocycles. The molecule has 0 radical (unpaired) electrons. The molecule has 1 N–H and O–H groups in total. The van der Waals surface area contributed by atoms with Crippen molar-refractivity contribution in [1.82, 2.24) is 9.88 Å². The molecule has 0 aliphatic heterocycles. The number of amides is 1. The topological polar surface area (TPSA) is 90.3 Å². The van der Waals surface area contributed by atoms with Crippen LogP contribution in [0.3, 0.4) is 0 Å². The number of para-hydroxylation sites is 1. The molecule has 1 amide bonds. The Hall–Kier alpha value is -3.09. The van der Waals surface area contributed by atoms with Crippen molar-refractivity contribution in [1.29, 1.82) is 0 Å². The molecule has 0 saturated heterocycles. The number of nitrogens with one attached hydrogen (secondary N) is 1. The standard InChI is InChI=1S/C16H15N3O4/c1-10(15-7-11-5-3-4-6-14(11)23-15)17-16(20)13-8-12(19(21)22)9-18(13)2/h3-10H,1-2H3,(H,17,20)/t10-/m1/s1. The summed E-state index contributed by atoms with van der Waals surface area (Å²) < 4.78 is 7.14. The number of furan rings is 1. The van der Waals surface area contributed by atoms with E-state index in [0.717, 1.165) is 11.0 Å². The van der Waals surface area contributed by atoms with E-state index in [1.54, 1.807) is 14.0 Å². The summed E-state index contributed by atoms with van der Waals surface area (Å²) in [6, 6.07) is 10.3. The first-order valence-electron chi connectivity index (χ1n) is 7.06. The van der Waals surface area contributed by atoms with Gasteiger partial charge in [-0.15, -0.1) is 0 Å². The summed E-state index contributed by atoms with van der Waals surface area (Å²) >= 11 is 0. The smallest absolute Gasteiger partial charge is 0.287 e. The van der Waals surface area contributed by atoms with Crippen LogP contribution in [0.5, 0.6) is 0 Å². The van der Waals surface area contributed by atoms with Crippen molar-refractivity contribution in [3.63, 3.8) is 0 Å². The van der Waals surface area contributed by atoms with Crippen LogP contribution in [-0.4, -0.2) is 15.4 Å². The largest absolute Gasteiger partial charge is 0.459 e. The van der Waals surface area contributed by atoms with Crippen molar-refractivity contribution < 1.29 is 14.1 Å². The lowest BCUT2D eigenvalue weighted by Crippen LogP contribution is -2.27. The lowest BCUT2D eigenvalue weighted by molar-refractivity contribution is -0.384. The van der Waals surface area contributed by atoms with E-state index in [0.29, 0.717) is 5.76 Å². The number of aryl methyl sites for hydroxylation is 1. The summed E-state index contributed by atoms with van der Waals surface area (Å²) in [5.41, 5.74) is 0.854. The molecular weight excluding hydrogens is 298 g/mol. The zero-order valence-corrected chi connectivity index (χ0v) is 12.6. The molecule has 2 heterocycles. The van der Waals surface area contributed by atoms with Gasteiger partial charge >= 0.3 is 0 Å². The average Bonchev–Trinajstić information content (AvgIpc) is 3.10. The van der Waals surface area contributed by atoms with Gasteiger partial charge in [0.25, 0.3) is 11.6 Å². The van der Waals surface area contributed by atoms with E-state index in [1.165, 1.54) is 16.8 Å². The fourth-order valence-corrected chi connectivity index (χ4v) is 2.43. The van der Waals surface area contributed by atoms with Gasteiger partial charge in [0, 0.05) is 18.5 Å². The Labute approximate surface area is 131 Å². The second-order valence-electron chi connectivity index (χ2n) is 5.33. The van der Waals surface area contributed by atoms with Gasteiger partial charge in [-0.2, -0.15) is 0 Å². The van der Waals surface area contributed by atoms with Crippen molar-refractivity contribution in [2.75, 3.05) is 0 Å². The number of hydrogen-bond acceptors (Lipinski definition) is 4. The molecule has 23 heavy (non-hydrogen) atoms. The second kappa shape index (κ2) is 5.60. The molecule has 118 valence electrons. The van der Waals surface area contributed by atoms with Gasteiger partial charge in [0.2, 0.25) is 0 Å². The summed E-state index contributed by atoms with van der Waals surface area (Å²) in [6.45, 7) is 1.80. The van der Waals surface area contributed by atoms with Crippen molar-refractivity contribution in [3.05, 3.63) is 64.2 Å². The summed E-state index contributed by atoms with van der Waals surface area (Å²) in [5.74, 6) is 0.233. The van der Waals surface area contributed by atoms with Crippen LogP contribution in [0.2, 0.25) is 0 Å². The quantitative estimate of drug-likeness (QED) is 0.591. The molecule has 0 aliphatic rings. The lowest BCUT2D eigenvalue weighted by atomic mass is 10.2. The van der Waals surface area contributed by atoms with Crippen LogP contribution in [0, 0.1) is 10.1 Å². The predicted octanol–water partition coefficient (Wildman–Crippen LogP) is 3.17. The van der Waals surface area contributed by atoms with Gasteiger partial charge in [-0.3, -0.25) is 14.9 Å². The monoisotopic (exact) mass is 313 g/mol. The van der Waals surface area contributed by atoms with Crippen LogP contribution in [-0.2, 0) is 7.05 Å². The Balaban J connectivity index is 1.80. The van der Waals surface area contributed by atoms with E-state index in [2.05, 4.69) is 5.32 Å². The summed E-state index contributed by atoms with van der Waals surface area (Å²) in [7, 11) is 1.59. The van der Waals surface area contributed by atoms with E-state index < -0.39 is 10.8 Å². The molecule has 2 aromatic heterocycles. The molecular formula is C16H15N3O4. The number of carbonyl (C=O) groups excluding carboxylic acids is 1. The van der Waals surface area contributed by atoms with Gasteiger partial charge in [-0.05, 0) is 19.1 Å². The number of rotatable bonds is 4. The molecule has 1 atom stereocenters. The van der Waals surface area contributed by atoms with Crippen LogP contribution in [0.1, 0.15) is 29.2 Å². The number of nitrogens with zero attached hydrogens (tertiary/aromatic N) is 2. The highest BCUT2D eigenvalue weighted by molar-refractivity contribution is 5.93. The maximum absolute atomic E-state index is 12.3. The van der Waals surface area contributed by atoms with Crippen molar-refractivity contribution >= 4 is 22.6 Å². The van der Waals surface area contributed by atoms with Gasteiger partial charge in [0.05, 0.1) is 17.2 Å². The molecule has 0 aliphatic carbocycles. The number of fused-ring (bicyclic) bond motifs is 1. The van der Waals surface area contributed by atoms with Crippen LogP contribution < -0.4 is 5.32 Å². The van der Waals surface area contributed by atoms with E-state index >= 15 is 0 Å². The third-order valence-corrected chi connectivity index (χ3v) is 3.65. The Bertz CT molecular complexity index is 861. The molecule has 0 bridgehead atoms. The lowest BCUT2D eigenvalue weighted by Gasteiger charge is -2.11. The fraction of sp³-hybridized carbons (Fsp3) is 0.188.